The minimum atomic E-state index is -0.182. The van der Waals surface area contributed by atoms with Gasteiger partial charge >= 0.3 is 0 Å². The number of hydrogen-bond acceptors (Lipinski definition) is 6. The van der Waals surface area contributed by atoms with Crippen molar-refractivity contribution in [2.45, 2.75) is 6.04 Å². The standard InChI is InChI=1S/C13H21BrN6O/c1-19-3-4-20(2)10(8-19)7-17-13(21)11-5-9(14)6-16-12(11)18-15/h5-6,10H,3-4,7-8,15H2,1-2H3,(H,16,18)(H,17,21). The number of pyridine rings is 1. The summed E-state index contributed by atoms with van der Waals surface area (Å²) in [5.74, 6) is 5.58. The monoisotopic (exact) mass is 356 g/mol. The van der Waals surface area contributed by atoms with Crippen molar-refractivity contribution < 1.29 is 4.79 Å². The van der Waals surface area contributed by atoms with Gasteiger partial charge in [0.05, 0.1) is 5.56 Å². The molecule has 116 valence electrons. The Hall–Kier alpha value is -1.22. The minimum Gasteiger partial charge on any atom is -0.350 e. The Labute approximate surface area is 133 Å². The van der Waals surface area contributed by atoms with Gasteiger partial charge in [-0.05, 0) is 36.1 Å². The van der Waals surface area contributed by atoms with Gasteiger partial charge in [-0.3, -0.25) is 9.69 Å². The van der Waals surface area contributed by atoms with E-state index in [4.69, 9.17) is 5.84 Å². The van der Waals surface area contributed by atoms with Gasteiger partial charge in [-0.25, -0.2) is 10.8 Å². The molecule has 1 aromatic heterocycles. The number of anilines is 1. The number of carbonyl (C=O) groups excluding carboxylic acids is 1. The van der Waals surface area contributed by atoms with Crippen LogP contribution in [0, 0.1) is 0 Å². The second-order valence-corrected chi connectivity index (χ2v) is 6.22. The number of nitrogens with one attached hydrogen (secondary N) is 2. The molecule has 7 nitrogen and oxygen atoms in total. The lowest BCUT2D eigenvalue weighted by Crippen LogP contribution is -2.54. The number of amides is 1. The molecular formula is C13H21BrN6O. The van der Waals surface area contributed by atoms with Crippen LogP contribution >= 0.6 is 15.9 Å². The summed E-state index contributed by atoms with van der Waals surface area (Å²) in [7, 11) is 4.17. The first-order valence-corrected chi connectivity index (χ1v) is 7.59. The first-order chi connectivity index (χ1) is 10.0. The van der Waals surface area contributed by atoms with Crippen molar-refractivity contribution in [3.05, 3.63) is 22.3 Å². The topological polar surface area (TPSA) is 86.5 Å². The molecule has 0 aliphatic carbocycles. The van der Waals surface area contributed by atoms with E-state index < -0.39 is 0 Å². The number of likely N-dealkylation sites (N-methyl/N-ethyl adjacent to an activating group) is 2. The molecule has 0 bridgehead atoms. The SMILES string of the molecule is CN1CCN(C)C(CNC(=O)c2cc(Br)cnc2NN)C1. The molecule has 21 heavy (non-hydrogen) atoms. The van der Waals surface area contributed by atoms with Crippen LogP contribution in [0.5, 0.6) is 0 Å². The third-order valence-electron chi connectivity index (χ3n) is 3.71. The Morgan fingerprint density at radius 1 is 1.52 bits per heavy atom. The molecule has 2 rings (SSSR count). The number of carbonyl (C=O) groups is 1. The smallest absolute Gasteiger partial charge is 0.255 e. The van der Waals surface area contributed by atoms with E-state index in [0.717, 1.165) is 24.1 Å². The average molecular weight is 357 g/mol. The highest BCUT2D eigenvalue weighted by molar-refractivity contribution is 9.10. The predicted molar refractivity (Wildman–Crippen MR) is 86.0 cm³/mol. The van der Waals surface area contributed by atoms with Crippen molar-refractivity contribution in [1.82, 2.24) is 20.1 Å². The Kier molecular flexibility index (Phi) is 5.51. The molecule has 4 N–H and O–H groups in total. The first kappa shape index (κ1) is 16.2. The molecule has 2 heterocycles. The summed E-state index contributed by atoms with van der Waals surface area (Å²) < 4.78 is 0.737. The van der Waals surface area contributed by atoms with Crippen LogP contribution in [0.1, 0.15) is 10.4 Å². The van der Waals surface area contributed by atoms with Crippen LogP contribution < -0.4 is 16.6 Å². The first-order valence-electron chi connectivity index (χ1n) is 6.80. The molecule has 1 saturated heterocycles. The highest BCUT2D eigenvalue weighted by Crippen LogP contribution is 2.17. The number of halogens is 1. The lowest BCUT2D eigenvalue weighted by atomic mass is 10.1. The van der Waals surface area contributed by atoms with Crippen LogP contribution in [0.3, 0.4) is 0 Å². The number of piperazine rings is 1. The highest BCUT2D eigenvalue weighted by atomic mass is 79.9. The molecule has 0 aromatic carbocycles. The fourth-order valence-electron chi connectivity index (χ4n) is 2.35. The van der Waals surface area contributed by atoms with Crippen LogP contribution in [0.15, 0.2) is 16.7 Å². The molecule has 1 aromatic rings. The lowest BCUT2D eigenvalue weighted by Gasteiger charge is -2.37. The Bertz CT molecular complexity index is 511. The number of hydrazine groups is 1. The van der Waals surface area contributed by atoms with Gasteiger partial charge in [0.15, 0.2) is 5.82 Å². The summed E-state index contributed by atoms with van der Waals surface area (Å²) in [5.41, 5.74) is 2.88. The number of nitrogen functional groups attached to an aromatic ring is 1. The molecule has 0 radical (unpaired) electrons. The van der Waals surface area contributed by atoms with Crippen molar-refractivity contribution >= 4 is 27.7 Å². The van der Waals surface area contributed by atoms with Crippen molar-refractivity contribution in [3.8, 4) is 0 Å². The van der Waals surface area contributed by atoms with Gasteiger partial charge in [0, 0.05) is 42.9 Å². The molecular weight excluding hydrogens is 336 g/mol. The van der Waals surface area contributed by atoms with Crippen LogP contribution in [0.25, 0.3) is 0 Å². The fourth-order valence-corrected chi connectivity index (χ4v) is 2.69. The molecule has 0 saturated carbocycles. The second kappa shape index (κ2) is 7.17. The highest BCUT2D eigenvalue weighted by Gasteiger charge is 2.23. The van der Waals surface area contributed by atoms with E-state index >= 15 is 0 Å². The average Bonchev–Trinajstić information content (AvgIpc) is 2.47. The summed E-state index contributed by atoms with van der Waals surface area (Å²) in [4.78, 5) is 20.9. The molecule has 1 unspecified atom stereocenters. The van der Waals surface area contributed by atoms with Gasteiger partial charge in [0.1, 0.15) is 0 Å². The zero-order chi connectivity index (χ0) is 15.4. The van der Waals surface area contributed by atoms with Crippen LogP contribution in [-0.2, 0) is 0 Å². The van der Waals surface area contributed by atoms with Crippen LogP contribution in [0.2, 0.25) is 0 Å². The van der Waals surface area contributed by atoms with Crippen molar-refractivity contribution in [2.75, 3.05) is 45.7 Å². The number of rotatable bonds is 4. The molecule has 1 atom stereocenters. The summed E-state index contributed by atoms with van der Waals surface area (Å²) in [6.45, 7) is 3.59. The molecule has 0 spiro atoms. The molecule has 1 amide bonds. The van der Waals surface area contributed by atoms with Gasteiger partial charge in [0.25, 0.3) is 5.91 Å². The van der Waals surface area contributed by atoms with Crippen LogP contribution in [-0.4, -0.2) is 67.0 Å². The van der Waals surface area contributed by atoms with E-state index in [1.807, 2.05) is 0 Å². The quantitative estimate of drug-likeness (QED) is 0.524. The van der Waals surface area contributed by atoms with Gasteiger partial charge in [0.2, 0.25) is 0 Å². The van der Waals surface area contributed by atoms with Crippen LogP contribution in [0.4, 0.5) is 5.82 Å². The molecule has 1 fully saturated rings. The van der Waals surface area contributed by atoms with Crippen molar-refractivity contribution in [3.63, 3.8) is 0 Å². The summed E-state index contributed by atoms with van der Waals surface area (Å²) in [6.07, 6.45) is 1.59. The Morgan fingerprint density at radius 2 is 2.29 bits per heavy atom. The Balaban J connectivity index is 2.00. The fraction of sp³-hybridized carbons (Fsp3) is 0.538. The normalized spacial score (nSPS) is 20.3. The van der Waals surface area contributed by atoms with Gasteiger partial charge in [-0.15, -0.1) is 0 Å². The second-order valence-electron chi connectivity index (χ2n) is 5.30. The summed E-state index contributed by atoms with van der Waals surface area (Å²) in [5, 5.41) is 2.96. The van der Waals surface area contributed by atoms with E-state index in [1.54, 1.807) is 12.3 Å². The predicted octanol–water partition coefficient (Wildman–Crippen LogP) is 0.105. The zero-order valence-electron chi connectivity index (χ0n) is 12.3. The summed E-state index contributed by atoms with van der Waals surface area (Å²) >= 11 is 3.31. The van der Waals surface area contributed by atoms with E-state index in [0.29, 0.717) is 24.0 Å². The third-order valence-corrected chi connectivity index (χ3v) is 4.15. The largest absolute Gasteiger partial charge is 0.350 e. The van der Waals surface area contributed by atoms with Crippen molar-refractivity contribution in [2.24, 2.45) is 5.84 Å². The maximum atomic E-state index is 12.3. The maximum absolute atomic E-state index is 12.3. The molecule has 1 aliphatic rings. The van der Waals surface area contributed by atoms with Gasteiger partial charge < -0.3 is 15.6 Å². The number of nitrogens with zero attached hydrogens (tertiary/aromatic N) is 3. The Morgan fingerprint density at radius 3 is 3.00 bits per heavy atom. The van der Waals surface area contributed by atoms with Gasteiger partial charge in [-0.1, -0.05) is 0 Å². The number of aromatic nitrogens is 1. The molecule has 8 heteroatoms. The lowest BCUT2D eigenvalue weighted by molar-refractivity contribution is 0.0881. The van der Waals surface area contributed by atoms with Crippen molar-refractivity contribution in [1.29, 1.82) is 0 Å². The van der Waals surface area contributed by atoms with E-state index in [9.17, 15) is 4.79 Å². The van der Waals surface area contributed by atoms with E-state index in [2.05, 4.69) is 55.6 Å². The van der Waals surface area contributed by atoms with E-state index in [1.165, 1.54) is 0 Å². The minimum absolute atomic E-state index is 0.182. The number of hydrogen-bond donors (Lipinski definition) is 3. The zero-order valence-corrected chi connectivity index (χ0v) is 13.9. The van der Waals surface area contributed by atoms with E-state index in [-0.39, 0.29) is 5.91 Å². The maximum Gasteiger partial charge on any atom is 0.255 e. The third kappa shape index (κ3) is 4.13. The van der Waals surface area contributed by atoms with Gasteiger partial charge in [-0.2, -0.15) is 0 Å². The summed E-state index contributed by atoms with van der Waals surface area (Å²) in [6, 6.07) is 2.01. The number of nitrogens with two attached hydrogens (primary N) is 1. The molecule has 1 aliphatic heterocycles.